The van der Waals surface area contributed by atoms with Gasteiger partial charge in [0.15, 0.2) is 0 Å². The first-order valence-electron chi connectivity index (χ1n) is 7.39. The van der Waals surface area contributed by atoms with Gasteiger partial charge in [0.2, 0.25) is 5.82 Å². The number of halogens is 2. The van der Waals surface area contributed by atoms with Crippen LogP contribution in [0.15, 0.2) is 18.2 Å². The predicted octanol–water partition coefficient (Wildman–Crippen LogP) is 3.90. The molecule has 1 aliphatic rings. The molecule has 0 N–H and O–H groups in total. The van der Waals surface area contributed by atoms with Crippen molar-refractivity contribution < 1.29 is 23.2 Å². The van der Waals surface area contributed by atoms with Crippen molar-refractivity contribution in [1.29, 1.82) is 0 Å². The number of hydrogen-bond acceptors (Lipinski definition) is 4. The Morgan fingerprint density at radius 1 is 1.29 bits per heavy atom. The molecule has 1 aromatic carbocycles. The third-order valence-electron chi connectivity index (χ3n) is 3.44. The van der Waals surface area contributed by atoms with Crippen LogP contribution in [0.25, 0.3) is 5.57 Å². The number of carbonyl (C=O) groups excluding carboxylic acids is 1. The fourth-order valence-electron chi connectivity index (χ4n) is 2.33. The van der Waals surface area contributed by atoms with Gasteiger partial charge in [0.05, 0.1) is 4.92 Å². The van der Waals surface area contributed by atoms with Gasteiger partial charge >= 0.3 is 11.8 Å². The minimum atomic E-state index is -1.21. The normalized spacial score (nSPS) is 15.0. The molecule has 1 heterocycles. The Morgan fingerprint density at radius 2 is 1.96 bits per heavy atom. The summed E-state index contributed by atoms with van der Waals surface area (Å²) in [5, 5.41) is 10.8. The molecule has 0 saturated heterocycles. The van der Waals surface area contributed by atoms with Crippen LogP contribution in [0.3, 0.4) is 0 Å². The van der Waals surface area contributed by atoms with E-state index in [4.69, 9.17) is 4.74 Å². The Bertz CT molecular complexity index is 711. The summed E-state index contributed by atoms with van der Waals surface area (Å²) < 4.78 is 32.6. The first-order chi connectivity index (χ1) is 11.1. The molecule has 0 saturated carbocycles. The molecule has 1 aromatic rings. The molecule has 0 unspecified atom stereocenters. The molecular weight excluding hydrogens is 322 g/mol. The van der Waals surface area contributed by atoms with Gasteiger partial charge in [-0.3, -0.25) is 10.1 Å². The van der Waals surface area contributed by atoms with Gasteiger partial charge in [0.1, 0.15) is 11.4 Å². The van der Waals surface area contributed by atoms with Crippen molar-refractivity contribution in [2.45, 2.75) is 32.8 Å². The average molecular weight is 340 g/mol. The standard InChI is InChI=1S/C16H18F2N2O4/c1-16(2,3)24-15(21)19-6-4-10(5-7-19)11-8-14(20(22)23)13(18)9-12(11)17/h4,8-9H,5-7H2,1-3H3. The number of nitro benzene ring substituents is 1. The van der Waals surface area contributed by atoms with Gasteiger partial charge in [-0.15, -0.1) is 0 Å². The molecule has 0 bridgehead atoms. The second-order valence-corrected chi connectivity index (χ2v) is 6.45. The maximum atomic E-state index is 13.9. The largest absolute Gasteiger partial charge is 0.444 e. The molecule has 130 valence electrons. The summed E-state index contributed by atoms with van der Waals surface area (Å²) in [6.07, 6.45) is 1.40. The third kappa shape index (κ3) is 4.06. The van der Waals surface area contributed by atoms with Gasteiger partial charge in [-0.1, -0.05) is 6.08 Å². The van der Waals surface area contributed by atoms with E-state index < -0.39 is 33.9 Å². The zero-order valence-electron chi connectivity index (χ0n) is 13.6. The minimum absolute atomic E-state index is 0.0214. The van der Waals surface area contributed by atoms with Crippen LogP contribution in [0, 0.1) is 21.7 Å². The second kappa shape index (κ2) is 6.54. The van der Waals surface area contributed by atoms with Crippen LogP contribution >= 0.6 is 0 Å². The van der Waals surface area contributed by atoms with Crippen LogP contribution in [0.4, 0.5) is 19.3 Å². The molecule has 8 heteroatoms. The number of carbonyl (C=O) groups is 1. The maximum absolute atomic E-state index is 13.9. The fraction of sp³-hybridized carbons (Fsp3) is 0.438. The summed E-state index contributed by atoms with van der Waals surface area (Å²) >= 11 is 0. The minimum Gasteiger partial charge on any atom is -0.444 e. The lowest BCUT2D eigenvalue weighted by Crippen LogP contribution is -2.39. The second-order valence-electron chi connectivity index (χ2n) is 6.45. The van der Waals surface area contributed by atoms with Crippen LogP contribution in [0.2, 0.25) is 0 Å². The summed E-state index contributed by atoms with van der Waals surface area (Å²) in [5.41, 5.74) is -0.922. The van der Waals surface area contributed by atoms with Crippen LogP contribution in [-0.2, 0) is 4.74 Å². The SMILES string of the molecule is CC(C)(C)OC(=O)N1CC=C(c2cc([N+](=O)[O-])c(F)cc2F)CC1. The van der Waals surface area contributed by atoms with Crippen molar-refractivity contribution in [1.82, 2.24) is 4.90 Å². The molecule has 0 radical (unpaired) electrons. The molecule has 0 aliphatic carbocycles. The van der Waals surface area contributed by atoms with Gasteiger partial charge in [0, 0.05) is 30.8 Å². The monoisotopic (exact) mass is 340 g/mol. The number of amides is 1. The maximum Gasteiger partial charge on any atom is 0.410 e. The van der Waals surface area contributed by atoms with Crippen molar-refractivity contribution in [3.63, 3.8) is 0 Å². The number of nitrogens with zero attached hydrogens (tertiary/aromatic N) is 2. The lowest BCUT2D eigenvalue weighted by molar-refractivity contribution is -0.387. The van der Waals surface area contributed by atoms with Crippen LogP contribution in [-0.4, -0.2) is 34.6 Å². The summed E-state index contributed by atoms with van der Waals surface area (Å²) in [7, 11) is 0. The van der Waals surface area contributed by atoms with Crippen molar-refractivity contribution in [3.8, 4) is 0 Å². The van der Waals surface area contributed by atoms with Crippen molar-refractivity contribution in [2.24, 2.45) is 0 Å². The van der Waals surface area contributed by atoms with E-state index in [1.807, 2.05) is 0 Å². The first kappa shape index (κ1) is 17.8. The van der Waals surface area contributed by atoms with Gasteiger partial charge in [-0.25, -0.2) is 9.18 Å². The van der Waals surface area contributed by atoms with E-state index in [1.165, 1.54) is 4.90 Å². The number of ether oxygens (including phenoxy) is 1. The molecule has 0 atom stereocenters. The van der Waals surface area contributed by atoms with Crippen molar-refractivity contribution >= 4 is 17.4 Å². The van der Waals surface area contributed by atoms with Gasteiger partial charge in [-0.2, -0.15) is 4.39 Å². The van der Waals surface area contributed by atoms with Crippen LogP contribution in [0.5, 0.6) is 0 Å². The predicted molar refractivity (Wildman–Crippen MR) is 83.4 cm³/mol. The van der Waals surface area contributed by atoms with Crippen molar-refractivity contribution in [2.75, 3.05) is 13.1 Å². The molecule has 0 aromatic heterocycles. The highest BCUT2D eigenvalue weighted by Gasteiger charge is 2.26. The smallest absolute Gasteiger partial charge is 0.410 e. The summed E-state index contributed by atoms with van der Waals surface area (Å²) in [6, 6.07) is 1.40. The molecule has 1 aliphatic heterocycles. The number of rotatable bonds is 2. The Balaban J connectivity index is 2.20. The highest BCUT2D eigenvalue weighted by molar-refractivity contribution is 5.73. The van der Waals surface area contributed by atoms with E-state index in [2.05, 4.69) is 0 Å². The summed E-state index contributed by atoms with van der Waals surface area (Å²) in [4.78, 5) is 23.3. The van der Waals surface area contributed by atoms with E-state index >= 15 is 0 Å². The molecule has 24 heavy (non-hydrogen) atoms. The van der Waals surface area contributed by atoms with E-state index in [0.717, 1.165) is 6.07 Å². The van der Waals surface area contributed by atoms with Crippen molar-refractivity contribution in [3.05, 3.63) is 45.5 Å². The Labute approximate surface area is 137 Å². The Hall–Kier alpha value is -2.51. The van der Waals surface area contributed by atoms with Gasteiger partial charge in [0.25, 0.3) is 0 Å². The molecule has 0 spiro atoms. The summed E-state index contributed by atoms with van der Waals surface area (Å²) in [5.74, 6) is -2.08. The Kier molecular flexibility index (Phi) is 4.86. The first-order valence-corrected chi connectivity index (χ1v) is 7.39. The molecule has 2 rings (SSSR count). The van der Waals surface area contributed by atoms with E-state index in [1.54, 1.807) is 26.8 Å². The molecular formula is C16H18F2N2O4. The van der Waals surface area contributed by atoms with E-state index in [0.29, 0.717) is 18.1 Å². The molecule has 6 nitrogen and oxygen atoms in total. The topological polar surface area (TPSA) is 72.7 Å². The van der Waals surface area contributed by atoms with Crippen LogP contribution in [0.1, 0.15) is 32.8 Å². The van der Waals surface area contributed by atoms with E-state index in [-0.39, 0.29) is 18.7 Å². The lowest BCUT2D eigenvalue weighted by atomic mass is 9.98. The molecule has 0 fully saturated rings. The number of benzene rings is 1. The van der Waals surface area contributed by atoms with Gasteiger partial charge < -0.3 is 9.64 Å². The third-order valence-corrected chi connectivity index (χ3v) is 3.44. The number of nitro groups is 1. The molecule has 1 amide bonds. The zero-order valence-corrected chi connectivity index (χ0v) is 13.6. The highest BCUT2D eigenvalue weighted by atomic mass is 19.1. The van der Waals surface area contributed by atoms with Gasteiger partial charge in [-0.05, 0) is 32.8 Å². The quantitative estimate of drug-likeness (QED) is 0.605. The Morgan fingerprint density at radius 3 is 2.46 bits per heavy atom. The average Bonchev–Trinajstić information content (AvgIpc) is 2.45. The zero-order chi connectivity index (χ0) is 18.1. The van der Waals surface area contributed by atoms with Crippen LogP contribution < -0.4 is 0 Å². The van der Waals surface area contributed by atoms with E-state index in [9.17, 15) is 23.7 Å². The lowest BCUT2D eigenvalue weighted by Gasteiger charge is -2.29. The summed E-state index contributed by atoms with van der Waals surface area (Å²) in [6.45, 7) is 5.73. The fourth-order valence-corrected chi connectivity index (χ4v) is 2.33. The number of hydrogen-bond donors (Lipinski definition) is 0. The highest BCUT2D eigenvalue weighted by Crippen LogP contribution is 2.30.